The SMILES string of the molecule is CCC(C)NC(=O)Nc1ccc2sc(NS(=O)(=O)c3ccccc3)nc2c1. The maximum Gasteiger partial charge on any atom is 0.319 e. The molecule has 0 radical (unpaired) electrons. The lowest BCUT2D eigenvalue weighted by molar-refractivity contribution is 0.249. The first-order valence-electron chi connectivity index (χ1n) is 8.43. The molecule has 142 valence electrons. The molecule has 0 spiro atoms. The predicted octanol–water partition coefficient (Wildman–Crippen LogP) is 4.02. The molecule has 0 aliphatic carbocycles. The van der Waals surface area contributed by atoms with Crippen molar-refractivity contribution in [3.05, 3.63) is 48.5 Å². The number of carbonyl (C=O) groups excluding carboxylic acids is 1. The Morgan fingerprint density at radius 2 is 1.93 bits per heavy atom. The number of hydrogen-bond donors (Lipinski definition) is 3. The Labute approximate surface area is 161 Å². The van der Waals surface area contributed by atoms with E-state index in [4.69, 9.17) is 0 Å². The van der Waals surface area contributed by atoms with Crippen LogP contribution in [0.2, 0.25) is 0 Å². The van der Waals surface area contributed by atoms with Crippen LogP contribution in [0, 0.1) is 0 Å². The number of nitrogens with zero attached hydrogens (tertiary/aromatic N) is 1. The highest BCUT2D eigenvalue weighted by atomic mass is 32.2. The number of anilines is 2. The second-order valence-corrected chi connectivity index (χ2v) is 8.74. The lowest BCUT2D eigenvalue weighted by Crippen LogP contribution is -2.35. The first kappa shape index (κ1) is 19.1. The quantitative estimate of drug-likeness (QED) is 0.578. The summed E-state index contributed by atoms with van der Waals surface area (Å²) in [7, 11) is -3.69. The molecule has 3 aromatic rings. The molecule has 0 aliphatic heterocycles. The van der Waals surface area contributed by atoms with Crippen molar-refractivity contribution >= 4 is 48.4 Å². The van der Waals surface area contributed by atoms with Crippen molar-refractivity contribution in [2.45, 2.75) is 31.2 Å². The number of carbonyl (C=O) groups is 1. The van der Waals surface area contributed by atoms with Gasteiger partial charge in [-0.05, 0) is 43.7 Å². The largest absolute Gasteiger partial charge is 0.335 e. The van der Waals surface area contributed by atoms with Crippen LogP contribution in [0.5, 0.6) is 0 Å². The minimum atomic E-state index is -3.69. The Morgan fingerprint density at radius 1 is 1.19 bits per heavy atom. The fraction of sp³-hybridized carbons (Fsp3) is 0.222. The van der Waals surface area contributed by atoms with Gasteiger partial charge in [0.25, 0.3) is 10.0 Å². The van der Waals surface area contributed by atoms with Crippen molar-refractivity contribution in [1.29, 1.82) is 0 Å². The number of sulfonamides is 1. The molecule has 9 heteroatoms. The van der Waals surface area contributed by atoms with Crippen molar-refractivity contribution in [3.63, 3.8) is 0 Å². The molecule has 1 heterocycles. The molecular weight excluding hydrogens is 384 g/mol. The third-order valence-corrected chi connectivity index (χ3v) is 6.35. The fourth-order valence-electron chi connectivity index (χ4n) is 2.32. The van der Waals surface area contributed by atoms with Gasteiger partial charge in [-0.2, -0.15) is 0 Å². The Morgan fingerprint density at radius 3 is 2.63 bits per heavy atom. The number of fused-ring (bicyclic) bond motifs is 1. The maximum absolute atomic E-state index is 12.4. The van der Waals surface area contributed by atoms with Gasteiger partial charge in [-0.25, -0.2) is 18.2 Å². The zero-order valence-corrected chi connectivity index (χ0v) is 16.5. The average molecular weight is 405 g/mol. The summed E-state index contributed by atoms with van der Waals surface area (Å²) in [5.74, 6) is 0. The number of rotatable bonds is 6. The monoisotopic (exact) mass is 404 g/mol. The van der Waals surface area contributed by atoms with E-state index in [1.54, 1.807) is 36.4 Å². The molecule has 27 heavy (non-hydrogen) atoms. The number of thiazole rings is 1. The van der Waals surface area contributed by atoms with Gasteiger partial charge in [0.1, 0.15) is 0 Å². The van der Waals surface area contributed by atoms with E-state index in [1.807, 2.05) is 13.8 Å². The van der Waals surface area contributed by atoms with E-state index in [0.717, 1.165) is 11.1 Å². The summed E-state index contributed by atoms with van der Waals surface area (Å²) in [6, 6.07) is 13.2. The van der Waals surface area contributed by atoms with E-state index in [1.165, 1.54) is 23.5 Å². The minimum Gasteiger partial charge on any atom is -0.335 e. The lowest BCUT2D eigenvalue weighted by atomic mass is 10.2. The smallest absolute Gasteiger partial charge is 0.319 e. The van der Waals surface area contributed by atoms with E-state index < -0.39 is 10.0 Å². The van der Waals surface area contributed by atoms with Crippen molar-refractivity contribution < 1.29 is 13.2 Å². The van der Waals surface area contributed by atoms with E-state index in [9.17, 15) is 13.2 Å². The highest BCUT2D eigenvalue weighted by molar-refractivity contribution is 7.93. The number of benzene rings is 2. The second-order valence-electron chi connectivity index (χ2n) is 6.03. The van der Waals surface area contributed by atoms with Crippen molar-refractivity contribution in [2.75, 3.05) is 10.0 Å². The lowest BCUT2D eigenvalue weighted by Gasteiger charge is -2.12. The molecule has 0 aliphatic rings. The molecule has 1 unspecified atom stereocenters. The van der Waals surface area contributed by atoms with Crippen molar-refractivity contribution in [3.8, 4) is 0 Å². The molecule has 0 fully saturated rings. The van der Waals surface area contributed by atoms with Gasteiger partial charge in [0, 0.05) is 11.7 Å². The summed E-state index contributed by atoms with van der Waals surface area (Å²) in [6.45, 7) is 3.92. The van der Waals surface area contributed by atoms with Gasteiger partial charge < -0.3 is 10.6 Å². The Hall–Kier alpha value is -2.65. The first-order chi connectivity index (χ1) is 12.9. The van der Waals surface area contributed by atoms with Crippen LogP contribution < -0.4 is 15.4 Å². The van der Waals surface area contributed by atoms with Crippen LogP contribution in [-0.4, -0.2) is 25.5 Å². The number of amides is 2. The van der Waals surface area contributed by atoms with Crippen LogP contribution in [0.25, 0.3) is 10.2 Å². The summed E-state index contributed by atoms with van der Waals surface area (Å²) in [6.07, 6.45) is 0.837. The van der Waals surface area contributed by atoms with Crippen LogP contribution >= 0.6 is 11.3 Å². The van der Waals surface area contributed by atoms with Crippen LogP contribution in [-0.2, 0) is 10.0 Å². The third-order valence-electron chi connectivity index (χ3n) is 3.91. The molecule has 1 aromatic heterocycles. The van der Waals surface area contributed by atoms with E-state index in [0.29, 0.717) is 11.2 Å². The molecule has 3 N–H and O–H groups in total. The summed E-state index contributed by atoms with van der Waals surface area (Å²) in [5.41, 5.74) is 1.19. The van der Waals surface area contributed by atoms with E-state index in [2.05, 4.69) is 20.3 Å². The van der Waals surface area contributed by atoms with Gasteiger partial charge >= 0.3 is 6.03 Å². The summed E-state index contributed by atoms with van der Waals surface area (Å²) >= 11 is 1.23. The fourth-order valence-corrected chi connectivity index (χ4v) is 4.42. The highest BCUT2D eigenvalue weighted by Crippen LogP contribution is 2.29. The number of nitrogens with one attached hydrogen (secondary N) is 3. The second kappa shape index (κ2) is 7.93. The Bertz CT molecular complexity index is 1050. The Balaban J connectivity index is 1.77. The number of aromatic nitrogens is 1. The predicted molar refractivity (Wildman–Crippen MR) is 109 cm³/mol. The summed E-state index contributed by atoms with van der Waals surface area (Å²) in [5, 5.41) is 5.85. The molecule has 1 atom stereocenters. The van der Waals surface area contributed by atoms with Gasteiger partial charge in [0.15, 0.2) is 5.13 Å². The molecule has 3 rings (SSSR count). The molecule has 2 aromatic carbocycles. The molecule has 0 bridgehead atoms. The normalized spacial score (nSPS) is 12.5. The number of urea groups is 1. The average Bonchev–Trinajstić information content (AvgIpc) is 3.02. The zero-order chi connectivity index (χ0) is 19.4. The minimum absolute atomic E-state index is 0.0759. The van der Waals surface area contributed by atoms with Gasteiger partial charge in [0.05, 0.1) is 15.1 Å². The van der Waals surface area contributed by atoms with Gasteiger partial charge in [0.2, 0.25) is 0 Å². The molecular formula is C18H20N4O3S2. The summed E-state index contributed by atoms with van der Waals surface area (Å²) in [4.78, 5) is 16.4. The maximum atomic E-state index is 12.4. The van der Waals surface area contributed by atoms with Crippen molar-refractivity contribution in [1.82, 2.24) is 10.3 Å². The Kier molecular flexibility index (Phi) is 5.62. The third kappa shape index (κ3) is 4.75. The van der Waals surface area contributed by atoms with Gasteiger partial charge in [-0.3, -0.25) is 4.72 Å². The zero-order valence-electron chi connectivity index (χ0n) is 14.9. The van der Waals surface area contributed by atoms with Gasteiger partial charge in [-0.15, -0.1) is 0 Å². The molecule has 2 amide bonds. The highest BCUT2D eigenvalue weighted by Gasteiger charge is 2.16. The molecule has 0 saturated heterocycles. The van der Waals surface area contributed by atoms with Crippen LogP contribution in [0.15, 0.2) is 53.4 Å². The molecule has 0 saturated carbocycles. The van der Waals surface area contributed by atoms with E-state index >= 15 is 0 Å². The molecule has 7 nitrogen and oxygen atoms in total. The van der Waals surface area contributed by atoms with Crippen LogP contribution in [0.3, 0.4) is 0 Å². The van der Waals surface area contributed by atoms with Gasteiger partial charge in [-0.1, -0.05) is 36.5 Å². The van der Waals surface area contributed by atoms with Crippen LogP contribution in [0.1, 0.15) is 20.3 Å². The topological polar surface area (TPSA) is 100 Å². The van der Waals surface area contributed by atoms with Crippen molar-refractivity contribution in [2.24, 2.45) is 0 Å². The summed E-state index contributed by atoms with van der Waals surface area (Å²) < 4.78 is 28.1. The van der Waals surface area contributed by atoms with E-state index in [-0.39, 0.29) is 22.1 Å². The van der Waals surface area contributed by atoms with Crippen LogP contribution in [0.4, 0.5) is 15.6 Å². The number of hydrogen-bond acceptors (Lipinski definition) is 5. The standard InChI is InChI=1S/C18H20N4O3S2/c1-3-12(2)19-17(23)20-13-9-10-16-15(11-13)21-18(26-16)22-27(24,25)14-7-5-4-6-8-14/h4-12H,3H2,1-2H3,(H,21,22)(H2,19,20,23). The first-order valence-corrected chi connectivity index (χ1v) is 10.7.